The van der Waals surface area contributed by atoms with Crippen LogP contribution in [0.1, 0.15) is 32.1 Å². The first-order valence-electron chi connectivity index (χ1n) is 8.38. The molecular formula is C18H19N5O. The summed E-state index contributed by atoms with van der Waals surface area (Å²) in [5, 5.41) is 15.3. The van der Waals surface area contributed by atoms with Crippen molar-refractivity contribution in [2.75, 3.05) is 5.32 Å². The quantitative estimate of drug-likeness (QED) is 0.803. The Labute approximate surface area is 139 Å². The third kappa shape index (κ3) is 2.99. The predicted octanol–water partition coefficient (Wildman–Crippen LogP) is 3.31. The lowest BCUT2D eigenvalue weighted by molar-refractivity contribution is -0.120. The summed E-state index contributed by atoms with van der Waals surface area (Å²) >= 11 is 0. The fourth-order valence-electron chi connectivity index (χ4n) is 3.25. The molecule has 24 heavy (non-hydrogen) atoms. The first-order valence-corrected chi connectivity index (χ1v) is 8.38. The van der Waals surface area contributed by atoms with Crippen molar-refractivity contribution in [2.45, 2.75) is 32.1 Å². The summed E-state index contributed by atoms with van der Waals surface area (Å²) in [4.78, 5) is 12.4. The standard InChI is InChI=1S/C18H19N5O/c24-18(13-5-2-1-3-6-13)20-15-8-4-7-14(11-15)16-9-10-17-21-19-12-23(17)22-16/h4,7-13H,1-3,5-6H2,(H,20,24). The Morgan fingerprint density at radius 3 is 2.88 bits per heavy atom. The SMILES string of the molecule is O=C(Nc1cccc(-c2ccc3nncn3n2)c1)C1CCCCC1. The van der Waals surface area contributed by atoms with Crippen LogP contribution in [0.5, 0.6) is 0 Å². The van der Waals surface area contributed by atoms with Crippen molar-refractivity contribution in [3.05, 3.63) is 42.7 Å². The van der Waals surface area contributed by atoms with Gasteiger partial charge in [-0.15, -0.1) is 10.2 Å². The van der Waals surface area contributed by atoms with Gasteiger partial charge in [0.1, 0.15) is 6.33 Å². The molecular weight excluding hydrogens is 302 g/mol. The third-order valence-corrected chi connectivity index (χ3v) is 4.56. The Kier molecular flexibility index (Phi) is 3.94. The summed E-state index contributed by atoms with van der Waals surface area (Å²) in [6.07, 6.45) is 7.13. The number of nitrogens with one attached hydrogen (secondary N) is 1. The maximum atomic E-state index is 12.4. The van der Waals surface area contributed by atoms with E-state index < -0.39 is 0 Å². The number of nitrogens with zero attached hydrogens (tertiary/aromatic N) is 4. The molecule has 4 rings (SSSR count). The first-order chi connectivity index (χ1) is 11.8. The number of hydrogen-bond acceptors (Lipinski definition) is 4. The topological polar surface area (TPSA) is 72.2 Å². The Hall–Kier alpha value is -2.76. The molecule has 1 N–H and O–H groups in total. The summed E-state index contributed by atoms with van der Waals surface area (Å²) in [6, 6.07) is 11.6. The van der Waals surface area contributed by atoms with E-state index in [1.807, 2.05) is 36.4 Å². The zero-order valence-corrected chi connectivity index (χ0v) is 13.4. The molecule has 0 saturated heterocycles. The molecule has 0 radical (unpaired) electrons. The van der Waals surface area contributed by atoms with Crippen molar-refractivity contribution >= 4 is 17.2 Å². The highest BCUT2D eigenvalue weighted by Crippen LogP contribution is 2.26. The second-order valence-corrected chi connectivity index (χ2v) is 6.26. The fourth-order valence-corrected chi connectivity index (χ4v) is 3.25. The minimum atomic E-state index is 0.133. The van der Waals surface area contributed by atoms with Gasteiger partial charge in [-0.05, 0) is 37.1 Å². The Bertz CT molecular complexity index is 866. The number of hydrogen-bond donors (Lipinski definition) is 1. The molecule has 0 atom stereocenters. The minimum absolute atomic E-state index is 0.133. The van der Waals surface area contributed by atoms with Gasteiger partial charge in [-0.2, -0.15) is 9.61 Å². The van der Waals surface area contributed by atoms with Crippen molar-refractivity contribution in [2.24, 2.45) is 5.92 Å². The molecule has 6 nitrogen and oxygen atoms in total. The lowest BCUT2D eigenvalue weighted by Crippen LogP contribution is -2.24. The van der Waals surface area contributed by atoms with Crippen LogP contribution in [0, 0.1) is 5.92 Å². The average molecular weight is 321 g/mol. The fraction of sp³-hybridized carbons (Fsp3) is 0.333. The Balaban J connectivity index is 1.55. The molecule has 0 aliphatic heterocycles. The zero-order valence-electron chi connectivity index (χ0n) is 13.4. The molecule has 0 unspecified atom stereocenters. The molecule has 2 aromatic heterocycles. The summed E-state index contributed by atoms with van der Waals surface area (Å²) in [5.41, 5.74) is 3.29. The molecule has 3 aromatic rings. The lowest BCUT2D eigenvalue weighted by atomic mass is 9.88. The van der Waals surface area contributed by atoms with Gasteiger partial charge in [0.25, 0.3) is 0 Å². The molecule has 1 aromatic carbocycles. The maximum Gasteiger partial charge on any atom is 0.227 e. The van der Waals surface area contributed by atoms with Crippen molar-refractivity contribution in [1.29, 1.82) is 0 Å². The number of carbonyl (C=O) groups is 1. The maximum absolute atomic E-state index is 12.4. The van der Waals surface area contributed by atoms with Crippen molar-refractivity contribution in [3.8, 4) is 11.3 Å². The molecule has 6 heteroatoms. The van der Waals surface area contributed by atoms with Crippen LogP contribution in [-0.4, -0.2) is 25.7 Å². The molecule has 0 spiro atoms. The van der Waals surface area contributed by atoms with Crippen LogP contribution in [0.25, 0.3) is 16.9 Å². The predicted molar refractivity (Wildman–Crippen MR) is 91.4 cm³/mol. The van der Waals surface area contributed by atoms with Crippen molar-refractivity contribution in [1.82, 2.24) is 19.8 Å². The van der Waals surface area contributed by atoms with E-state index in [1.54, 1.807) is 10.8 Å². The van der Waals surface area contributed by atoms with Crippen LogP contribution in [0.2, 0.25) is 0 Å². The van der Waals surface area contributed by atoms with Gasteiger partial charge in [0.15, 0.2) is 5.65 Å². The Morgan fingerprint density at radius 1 is 1.12 bits per heavy atom. The van der Waals surface area contributed by atoms with Crippen LogP contribution in [0.4, 0.5) is 5.69 Å². The van der Waals surface area contributed by atoms with Gasteiger partial charge in [-0.25, -0.2) is 0 Å². The molecule has 1 aliphatic rings. The molecule has 1 aliphatic carbocycles. The minimum Gasteiger partial charge on any atom is -0.326 e. The summed E-state index contributed by atoms with van der Waals surface area (Å²) in [6.45, 7) is 0. The van der Waals surface area contributed by atoms with Crippen molar-refractivity contribution < 1.29 is 4.79 Å². The number of benzene rings is 1. The number of fused-ring (bicyclic) bond motifs is 1. The van der Waals surface area contributed by atoms with Crippen molar-refractivity contribution in [3.63, 3.8) is 0 Å². The van der Waals surface area contributed by atoms with Gasteiger partial charge in [-0.1, -0.05) is 31.4 Å². The molecule has 2 heterocycles. The number of anilines is 1. The van der Waals surface area contributed by atoms with Gasteiger partial charge in [-0.3, -0.25) is 4.79 Å². The molecule has 122 valence electrons. The van der Waals surface area contributed by atoms with Gasteiger partial charge in [0.05, 0.1) is 5.69 Å². The van der Waals surface area contributed by atoms with E-state index in [0.717, 1.165) is 42.6 Å². The lowest BCUT2D eigenvalue weighted by Gasteiger charge is -2.20. The molecule has 1 fully saturated rings. The molecule has 0 bridgehead atoms. The van der Waals surface area contributed by atoms with Crippen LogP contribution in [-0.2, 0) is 4.79 Å². The second kappa shape index (κ2) is 6.39. The van der Waals surface area contributed by atoms with Crippen LogP contribution >= 0.6 is 0 Å². The van der Waals surface area contributed by atoms with E-state index in [9.17, 15) is 4.79 Å². The first kappa shape index (κ1) is 14.8. The highest BCUT2D eigenvalue weighted by atomic mass is 16.1. The summed E-state index contributed by atoms with van der Waals surface area (Å²) in [5.74, 6) is 0.281. The highest BCUT2D eigenvalue weighted by Gasteiger charge is 2.21. The average Bonchev–Trinajstić information content (AvgIpc) is 3.10. The van der Waals surface area contributed by atoms with E-state index in [0.29, 0.717) is 5.65 Å². The Morgan fingerprint density at radius 2 is 2.00 bits per heavy atom. The smallest absolute Gasteiger partial charge is 0.227 e. The summed E-state index contributed by atoms with van der Waals surface area (Å²) < 4.78 is 1.64. The van der Waals surface area contributed by atoms with E-state index in [1.165, 1.54) is 6.42 Å². The van der Waals surface area contributed by atoms with Crippen LogP contribution in [0.3, 0.4) is 0 Å². The third-order valence-electron chi connectivity index (χ3n) is 4.56. The number of aromatic nitrogens is 4. The monoisotopic (exact) mass is 321 g/mol. The zero-order chi connectivity index (χ0) is 16.4. The van der Waals surface area contributed by atoms with E-state index in [-0.39, 0.29) is 11.8 Å². The number of amides is 1. The summed E-state index contributed by atoms with van der Waals surface area (Å²) in [7, 11) is 0. The van der Waals surface area contributed by atoms with Crippen LogP contribution in [0.15, 0.2) is 42.7 Å². The van der Waals surface area contributed by atoms with Gasteiger partial charge >= 0.3 is 0 Å². The van der Waals surface area contributed by atoms with Gasteiger partial charge in [0, 0.05) is 17.2 Å². The largest absolute Gasteiger partial charge is 0.326 e. The van der Waals surface area contributed by atoms with Crippen LogP contribution < -0.4 is 5.32 Å². The highest BCUT2D eigenvalue weighted by molar-refractivity contribution is 5.93. The van der Waals surface area contributed by atoms with Gasteiger partial charge < -0.3 is 5.32 Å². The van der Waals surface area contributed by atoms with E-state index >= 15 is 0 Å². The second-order valence-electron chi connectivity index (χ2n) is 6.26. The van der Waals surface area contributed by atoms with Gasteiger partial charge in [0.2, 0.25) is 5.91 Å². The van der Waals surface area contributed by atoms with E-state index in [4.69, 9.17) is 0 Å². The molecule has 1 amide bonds. The van der Waals surface area contributed by atoms with E-state index in [2.05, 4.69) is 20.6 Å². The number of carbonyl (C=O) groups excluding carboxylic acids is 1. The number of rotatable bonds is 3. The normalized spacial score (nSPS) is 15.5. The molecule has 1 saturated carbocycles.